The highest BCUT2D eigenvalue weighted by atomic mass is 16.5. The Morgan fingerprint density at radius 3 is 2.67 bits per heavy atom. The summed E-state index contributed by atoms with van der Waals surface area (Å²) in [5.74, 6) is 0.591. The maximum atomic E-state index is 12.2. The summed E-state index contributed by atoms with van der Waals surface area (Å²) < 4.78 is 10.9. The molecule has 2 aromatic carbocycles. The lowest BCUT2D eigenvalue weighted by atomic mass is 10.2. The van der Waals surface area contributed by atoms with Gasteiger partial charge in [-0.05, 0) is 36.4 Å². The van der Waals surface area contributed by atoms with Gasteiger partial charge in [-0.25, -0.2) is 0 Å². The predicted octanol–water partition coefficient (Wildman–Crippen LogP) is 4.61. The molecule has 0 atom stereocenters. The fourth-order valence-electron chi connectivity index (χ4n) is 3.11. The number of carbonyl (C=O) groups is 2. The largest absolute Gasteiger partial charge is 0.461 e. The van der Waals surface area contributed by atoms with E-state index in [-0.39, 0.29) is 13.0 Å². The fraction of sp³-hybridized carbons (Fsp3) is 0.125. The minimum absolute atomic E-state index is 0.132. The maximum absolute atomic E-state index is 12.2. The van der Waals surface area contributed by atoms with Gasteiger partial charge in [-0.15, -0.1) is 0 Å². The highest BCUT2D eigenvalue weighted by Gasteiger charge is 2.11. The summed E-state index contributed by atoms with van der Waals surface area (Å²) in [5, 5.41) is 3.59. The third-order valence-corrected chi connectivity index (χ3v) is 4.58. The number of anilines is 1. The zero-order valence-corrected chi connectivity index (χ0v) is 16.2. The number of hydrogen-bond donors (Lipinski definition) is 1. The Hall–Kier alpha value is -3.93. The second-order valence-corrected chi connectivity index (χ2v) is 6.72. The molecule has 150 valence electrons. The molecule has 2 heterocycles. The van der Waals surface area contributed by atoms with Gasteiger partial charge in [0.1, 0.15) is 11.5 Å². The van der Waals surface area contributed by atoms with Crippen molar-refractivity contribution in [3.05, 3.63) is 84.8 Å². The topological polar surface area (TPSA) is 81.4 Å². The van der Waals surface area contributed by atoms with Crippen molar-refractivity contribution >= 4 is 28.5 Å². The van der Waals surface area contributed by atoms with Gasteiger partial charge in [0.25, 0.3) is 5.91 Å². The molecule has 0 aliphatic heterocycles. The molecule has 4 rings (SSSR count). The Morgan fingerprint density at radius 1 is 0.933 bits per heavy atom. The molecule has 0 radical (unpaired) electrons. The Balaban J connectivity index is 1.26. The molecular weight excluding hydrogens is 380 g/mol. The molecule has 0 aliphatic rings. The first-order chi connectivity index (χ1) is 14.7. The van der Waals surface area contributed by atoms with Gasteiger partial charge in [-0.1, -0.05) is 36.4 Å². The lowest BCUT2D eigenvalue weighted by Crippen LogP contribution is -2.21. The molecule has 6 nitrogen and oxygen atoms in total. The fourth-order valence-corrected chi connectivity index (χ4v) is 3.11. The van der Waals surface area contributed by atoms with E-state index >= 15 is 0 Å². The smallest absolute Gasteiger partial charge is 0.306 e. The molecule has 0 fully saturated rings. The number of carbonyl (C=O) groups excluding carboxylic acids is 2. The molecule has 4 aromatic rings. The second-order valence-electron chi connectivity index (χ2n) is 6.72. The lowest BCUT2D eigenvalue weighted by molar-refractivity contribution is -0.147. The van der Waals surface area contributed by atoms with Crippen LogP contribution in [0.1, 0.15) is 12.2 Å². The van der Waals surface area contributed by atoms with Crippen LogP contribution in [-0.2, 0) is 20.7 Å². The van der Waals surface area contributed by atoms with E-state index in [4.69, 9.17) is 9.15 Å². The van der Waals surface area contributed by atoms with E-state index in [2.05, 4.69) is 10.3 Å². The van der Waals surface area contributed by atoms with Crippen LogP contribution in [0.2, 0.25) is 0 Å². The Morgan fingerprint density at radius 2 is 1.80 bits per heavy atom. The highest BCUT2D eigenvalue weighted by molar-refractivity contribution is 6.01. The van der Waals surface area contributed by atoms with Crippen molar-refractivity contribution < 1.29 is 18.7 Å². The van der Waals surface area contributed by atoms with Crippen molar-refractivity contribution in [1.82, 2.24) is 4.98 Å². The van der Waals surface area contributed by atoms with Gasteiger partial charge in [0.05, 0.1) is 17.6 Å². The van der Waals surface area contributed by atoms with E-state index in [9.17, 15) is 9.59 Å². The minimum atomic E-state index is -0.456. The van der Waals surface area contributed by atoms with Crippen LogP contribution in [-0.4, -0.2) is 23.5 Å². The number of nitrogens with one attached hydrogen (secondary N) is 1. The number of ether oxygens (including phenoxy) is 1. The van der Waals surface area contributed by atoms with E-state index in [1.165, 1.54) is 0 Å². The summed E-state index contributed by atoms with van der Waals surface area (Å²) in [7, 11) is 0. The molecule has 0 saturated heterocycles. The number of aryl methyl sites for hydroxylation is 1. The van der Waals surface area contributed by atoms with Crippen LogP contribution in [0.4, 0.5) is 5.69 Å². The third-order valence-electron chi connectivity index (χ3n) is 4.58. The highest BCUT2D eigenvalue weighted by Crippen LogP contribution is 2.23. The number of aromatic nitrogens is 1. The van der Waals surface area contributed by atoms with Gasteiger partial charge >= 0.3 is 5.97 Å². The first-order valence-electron chi connectivity index (χ1n) is 9.62. The molecule has 0 bridgehead atoms. The second kappa shape index (κ2) is 9.05. The average Bonchev–Trinajstić information content (AvgIpc) is 3.26. The number of benzene rings is 2. The number of hydrogen-bond acceptors (Lipinski definition) is 5. The van der Waals surface area contributed by atoms with Gasteiger partial charge < -0.3 is 14.5 Å². The Kier molecular flexibility index (Phi) is 5.85. The maximum Gasteiger partial charge on any atom is 0.306 e. The van der Waals surface area contributed by atoms with E-state index in [1.54, 1.807) is 18.3 Å². The standard InChI is InChI=1S/C24H20N2O4/c27-23(26-21-10-4-9-20-19(21)8-5-15-25-20)16-29-24(28)14-12-18-11-13-22(30-18)17-6-2-1-3-7-17/h1-11,13,15H,12,14,16H2,(H,26,27). The van der Waals surface area contributed by atoms with E-state index in [1.807, 2.05) is 60.7 Å². The van der Waals surface area contributed by atoms with Gasteiger partial charge in [-0.3, -0.25) is 14.6 Å². The third kappa shape index (κ3) is 4.72. The molecule has 2 aromatic heterocycles. The van der Waals surface area contributed by atoms with Crippen LogP contribution in [0, 0.1) is 0 Å². The predicted molar refractivity (Wildman–Crippen MR) is 114 cm³/mol. The van der Waals surface area contributed by atoms with Crippen molar-refractivity contribution in [3.8, 4) is 11.3 Å². The monoisotopic (exact) mass is 400 g/mol. The van der Waals surface area contributed by atoms with Gasteiger partial charge in [0.15, 0.2) is 6.61 Å². The summed E-state index contributed by atoms with van der Waals surface area (Å²) >= 11 is 0. The Bertz CT molecular complexity index is 1160. The van der Waals surface area contributed by atoms with Crippen LogP contribution in [0.25, 0.3) is 22.2 Å². The van der Waals surface area contributed by atoms with Crippen LogP contribution in [0.5, 0.6) is 0 Å². The summed E-state index contributed by atoms with van der Waals surface area (Å²) in [6.45, 7) is -0.344. The van der Waals surface area contributed by atoms with Gasteiger partial charge in [-0.2, -0.15) is 0 Å². The van der Waals surface area contributed by atoms with Crippen LogP contribution in [0.15, 0.2) is 83.4 Å². The van der Waals surface area contributed by atoms with E-state index in [0.717, 1.165) is 22.2 Å². The van der Waals surface area contributed by atoms with Crippen molar-refractivity contribution in [2.45, 2.75) is 12.8 Å². The first kappa shape index (κ1) is 19.4. The summed E-state index contributed by atoms with van der Waals surface area (Å²) in [6, 6.07) is 22.6. The normalized spacial score (nSPS) is 10.7. The summed E-state index contributed by atoms with van der Waals surface area (Å²) in [4.78, 5) is 28.4. The molecule has 30 heavy (non-hydrogen) atoms. The van der Waals surface area contributed by atoms with Gasteiger partial charge in [0.2, 0.25) is 0 Å². The first-order valence-corrected chi connectivity index (χ1v) is 9.62. The van der Waals surface area contributed by atoms with E-state index < -0.39 is 11.9 Å². The molecule has 0 unspecified atom stereocenters. The molecule has 0 aliphatic carbocycles. The van der Waals surface area contributed by atoms with E-state index in [0.29, 0.717) is 17.9 Å². The lowest BCUT2D eigenvalue weighted by Gasteiger charge is -2.08. The van der Waals surface area contributed by atoms with Crippen molar-refractivity contribution in [2.24, 2.45) is 0 Å². The number of nitrogens with zero attached hydrogens (tertiary/aromatic N) is 1. The minimum Gasteiger partial charge on any atom is -0.461 e. The summed E-state index contributed by atoms with van der Waals surface area (Å²) in [5.41, 5.74) is 2.39. The van der Waals surface area contributed by atoms with Crippen LogP contribution < -0.4 is 5.32 Å². The SMILES string of the molecule is O=C(COC(=O)CCc1ccc(-c2ccccc2)o1)Nc1cccc2ncccc12. The van der Waals surface area contributed by atoms with Crippen molar-refractivity contribution in [2.75, 3.05) is 11.9 Å². The van der Waals surface area contributed by atoms with Crippen molar-refractivity contribution in [3.63, 3.8) is 0 Å². The molecule has 1 N–H and O–H groups in total. The number of esters is 1. The number of rotatable bonds is 7. The molecular formula is C24H20N2O4. The number of fused-ring (bicyclic) bond motifs is 1. The Labute approximate surface area is 173 Å². The number of amides is 1. The van der Waals surface area contributed by atoms with Crippen molar-refractivity contribution in [1.29, 1.82) is 0 Å². The average molecular weight is 400 g/mol. The molecule has 0 saturated carbocycles. The number of pyridine rings is 1. The molecule has 1 amide bonds. The van der Waals surface area contributed by atoms with Gasteiger partial charge in [0, 0.05) is 23.6 Å². The summed E-state index contributed by atoms with van der Waals surface area (Å²) in [6.07, 6.45) is 2.23. The zero-order chi connectivity index (χ0) is 20.8. The zero-order valence-electron chi connectivity index (χ0n) is 16.2. The van der Waals surface area contributed by atoms with Crippen LogP contribution >= 0.6 is 0 Å². The molecule has 0 spiro atoms. The quantitative estimate of drug-likeness (QED) is 0.458. The number of furan rings is 1. The van der Waals surface area contributed by atoms with Crippen LogP contribution in [0.3, 0.4) is 0 Å². The molecule has 6 heteroatoms.